The summed E-state index contributed by atoms with van der Waals surface area (Å²) in [5.41, 5.74) is 2.58. The number of amides is 1. The van der Waals surface area contributed by atoms with Crippen molar-refractivity contribution in [2.75, 3.05) is 13.7 Å². The molecule has 7 nitrogen and oxygen atoms in total. The second-order valence-corrected chi connectivity index (χ2v) is 6.88. The zero-order valence-corrected chi connectivity index (χ0v) is 16.6. The zero-order valence-electron chi connectivity index (χ0n) is 16.6. The van der Waals surface area contributed by atoms with Crippen LogP contribution in [0.25, 0.3) is 5.69 Å². The number of aromatic nitrogens is 2. The summed E-state index contributed by atoms with van der Waals surface area (Å²) in [4.78, 5) is 14.8. The molecule has 1 aromatic heterocycles. The van der Waals surface area contributed by atoms with E-state index in [2.05, 4.69) is 5.10 Å². The first-order valence-electron chi connectivity index (χ1n) is 9.46. The number of rotatable bonds is 6. The second kappa shape index (κ2) is 8.44. The van der Waals surface area contributed by atoms with Gasteiger partial charge < -0.3 is 14.4 Å². The maximum Gasteiger partial charge on any atom is 0.272 e. The number of nitriles is 1. The van der Waals surface area contributed by atoms with Crippen molar-refractivity contribution in [1.82, 2.24) is 14.7 Å². The van der Waals surface area contributed by atoms with Gasteiger partial charge in [-0.2, -0.15) is 10.4 Å². The highest BCUT2D eigenvalue weighted by atomic mass is 19.3. The number of carbonyl (C=O) groups excluding carboxylic acids is 1. The first-order valence-corrected chi connectivity index (χ1v) is 9.46. The molecule has 9 heteroatoms. The van der Waals surface area contributed by atoms with Crippen molar-refractivity contribution >= 4 is 5.91 Å². The lowest BCUT2D eigenvalue weighted by Crippen LogP contribution is -2.27. The van der Waals surface area contributed by atoms with Gasteiger partial charge in [-0.15, -0.1) is 0 Å². The summed E-state index contributed by atoms with van der Waals surface area (Å²) in [7, 11) is 1.31. The number of ether oxygens (including phenoxy) is 2. The standard InChI is InChI=1S/C22H18F2N4O3/c1-30-21-14(9-25)7-8-18(31-13-19(23)24)20(21)22(29)27-10-15-11-28(26-17(15)12-27)16-5-3-2-4-6-16/h2-8,11,19H,10,12-13H2,1H3. The van der Waals surface area contributed by atoms with Gasteiger partial charge in [0.05, 0.1) is 30.6 Å². The molecule has 1 aliphatic heterocycles. The fourth-order valence-corrected chi connectivity index (χ4v) is 3.51. The van der Waals surface area contributed by atoms with Crippen LogP contribution in [0.15, 0.2) is 48.7 Å². The molecule has 4 rings (SSSR count). The molecule has 0 fully saturated rings. The summed E-state index contributed by atoms with van der Waals surface area (Å²) in [5, 5.41) is 13.9. The first kappa shape index (κ1) is 20.3. The Bertz CT molecular complexity index is 1130. The number of methoxy groups -OCH3 is 1. The van der Waals surface area contributed by atoms with E-state index in [1.54, 1.807) is 4.68 Å². The molecule has 0 spiro atoms. The van der Waals surface area contributed by atoms with E-state index in [0.717, 1.165) is 16.9 Å². The molecule has 0 saturated carbocycles. The summed E-state index contributed by atoms with van der Waals surface area (Å²) in [5.74, 6) is -0.541. The lowest BCUT2D eigenvalue weighted by atomic mass is 10.1. The number of carbonyl (C=O) groups is 1. The SMILES string of the molecule is COc1c(C#N)ccc(OCC(F)F)c1C(=O)N1Cc2cn(-c3ccccc3)nc2C1. The van der Waals surface area contributed by atoms with E-state index in [1.165, 1.54) is 24.1 Å². The number of hydrogen-bond acceptors (Lipinski definition) is 5. The third kappa shape index (κ3) is 3.92. The van der Waals surface area contributed by atoms with E-state index in [4.69, 9.17) is 9.47 Å². The molecular formula is C22H18F2N4O3. The molecule has 2 heterocycles. The van der Waals surface area contributed by atoms with E-state index in [9.17, 15) is 18.8 Å². The summed E-state index contributed by atoms with van der Waals surface area (Å²) < 4.78 is 37.5. The van der Waals surface area contributed by atoms with Crippen molar-refractivity contribution in [2.24, 2.45) is 0 Å². The molecule has 0 unspecified atom stereocenters. The van der Waals surface area contributed by atoms with Gasteiger partial charge >= 0.3 is 0 Å². The molecule has 2 aromatic carbocycles. The summed E-state index contributed by atoms with van der Waals surface area (Å²) in [6, 6.07) is 14.2. The average Bonchev–Trinajstić information content (AvgIpc) is 3.36. The van der Waals surface area contributed by atoms with Crippen molar-refractivity contribution in [3.63, 3.8) is 0 Å². The van der Waals surface area contributed by atoms with Crippen LogP contribution in [0.5, 0.6) is 11.5 Å². The Morgan fingerprint density at radius 1 is 1.23 bits per heavy atom. The molecule has 3 aromatic rings. The summed E-state index contributed by atoms with van der Waals surface area (Å²) in [6.07, 6.45) is -0.853. The predicted molar refractivity (Wildman–Crippen MR) is 106 cm³/mol. The van der Waals surface area contributed by atoms with Crippen LogP contribution in [0.4, 0.5) is 8.78 Å². The van der Waals surface area contributed by atoms with Crippen molar-refractivity contribution < 1.29 is 23.0 Å². The molecule has 0 atom stereocenters. The fraction of sp³-hybridized carbons (Fsp3) is 0.227. The van der Waals surface area contributed by atoms with Crippen molar-refractivity contribution in [1.29, 1.82) is 5.26 Å². The van der Waals surface area contributed by atoms with E-state index in [0.29, 0.717) is 0 Å². The van der Waals surface area contributed by atoms with Crippen molar-refractivity contribution in [2.45, 2.75) is 19.5 Å². The van der Waals surface area contributed by atoms with E-state index in [-0.39, 0.29) is 35.7 Å². The highest BCUT2D eigenvalue weighted by Gasteiger charge is 2.32. The van der Waals surface area contributed by atoms with Crippen LogP contribution < -0.4 is 9.47 Å². The van der Waals surface area contributed by atoms with E-state index >= 15 is 0 Å². The van der Waals surface area contributed by atoms with Crippen LogP contribution >= 0.6 is 0 Å². The van der Waals surface area contributed by atoms with Gasteiger partial charge in [0.15, 0.2) is 5.75 Å². The number of alkyl halides is 2. The van der Waals surface area contributed by atoms with Gasteiger partial charge in [0, 0.05) is 18.3 Å². The van der Waals surface area contributed by atoms with Gasteiger partial charge in [0.25, 0.3) is 12.3 Å². The minimum absolute atomic E-state index is 0.00171. The van der Waals surface area contributed by atoms with E-state index < -0.39 is 18.9 Å². The van der Waals surface area contributed by atoms with Gasteiger partial charge in [-0.1, -0.05) is 18.2 Å². The topological polar surface area (TPSA) is 80.4 Å². The Morgan fingerprint density at radius 2 is 2.00 bits per heavy atom. The number of nitrogens with zero attached hydrogens (tertiary/aromatic N) is 4. The van der Waals surface area contributed by atoms with Crippen LogP contribution in [0.1, 0.15) is 27.2 Å². The van der Waals surface area contributed by atoms with Crippen molar-refractivity contribution in [3.05, 3.63) is 71.0 Å². The first-order chi connectivity index (χ1) is 15.0. The third-order valence-electron chi connectivity index (χ3n) is 4.91. The van der Waals surface area contributed by atoms with E-state index in [1.807, 2.05) is 42.6 Å². The number of fused-ring (bicyclic) bond motifs is 1. The molecule has 0 saturated heterocycles. The van der Waals surface area contributed by atoms with Gasteiger partial charge in [-0.05, 0) is 24.3 Å². The molecule has 31 heavy (non-hydrogen) atoms. The van der Waals surface area contributed by atoms with Gasteiger partial charge in [0.1, 0.15) is 24.0 Å². The summed E-state index contributed by atoms with van der Waals surface area (Å²) >= 11 is 0. The van der Waals surface area contributed by atoms with Gasteiger partial charge in [0.2, 0.25) is 0 Å². The Kier molecular flexibility index (Phi) is 5.54. The number of hydrogen-bond donors (Lipinski definition) is 0. The molecule has 0 bridgehead atoms. The lowest BCUT2D eigenvalue weighted by molar-refractivity contribution is 0.0703. The van der Waals surface area contributed by atoms with Crippen LogP contribution in [0.3, 0.4) is 0 Å². The average molecular weight is 424 g/mol. The highest BCUT2D eigenvalue weighted by molar-refractivity contribution is 6.00. The zero-order chi connectivity index (χ0) is 22.0. The largest absolute Gasteiger partial charge is 0.494 e. The predicted octanol–water partition coefficient (Wildman–Crippen LogP) is 3.55. The fourth-order valence-electron chi connectivity index (χ4n) is 3.51. The normalized spacial score (nSPS) is 12.5. The lowest BCUT2D eigenvalue weighted by Gasteiger charge is -2.20. The molecule has 1 amide bonds. The number of para-hydroxylation sites is 1. The molecule has 1 aliphatic rings. The Morgan fingerprint density at radius 3 is 2.65 bits per heavy atom. The third-order valence-corrected chi connectivity index (χ3v) is 4.91. The maximum absolute atomic E-state index is 13.3. The summed E-state index contributed by atoms with van der Waals surface area (Å²) in [6.45, 7) is -0.351. The Hall–Kier alpha value is -3.93. The quantitative estimate of drug-likeness (QED) is 0.605. The van der Waals surface area contributed by atoms with Gasteiger partial charge in [-0.3, -0.25) is 4.79 Å². The highest BCUT2D eigenvalue weighted by Crippen LogP contribution is 2.35. The molecular weight excluding hydrogens is 406 g/mol. The minimum Gasteiger partial charge on any atom is -0.494 e. The maximum atomic E-state index is 13.3. The van der Waals surface area contributed by atoms with Crippen LogP contribution in [-0.4, -0.2) is 40.7 Å². The second-order valence-electron chi connectivity index (χ2n) is 6.88. The smallest absolute Gasteiger partial charge is 0.272 e. The Balaban J connectivity index is 1.63. The number of benzene rings is 2. The molecule has 0 radical (unpaired) electrons. The van der Waals surface area contributed by atoms with Crippen LogP contribution in [0, 0.1) is 11.3 Å². The molecule has 0 aliphatic carbocycles. The monoisotopic (exact) mass is 424 g/mol. The molecule has 0 N–H and O–H groups in total. The van der Waals surface area contributed by atoms with Crippen LogP contribution in [-0.2, 0) is 13.1 Å². The number of halogens is 2. The molecule has 158 valence electrons. The van der Waals surface area contributed by atoms with Gasteiger partial charge in [-0.25, -0.2) is 13.5 Å². The van der Waals surface area contributed by atoms with Crippen LogP contribution in [0.2, 0.25) is 0 Å². The minimum atomic E-state index is -2.71. The van der Waals surface area contributed by atoms with Crippen molar-refractivity contribution in [3.8, 4) is 23.3 Å². The Labute approximate surface area is 177 Å².